The summed E-state index contributed by atoms with van der Waals surface area (Å²) in [5.41, 5.74) is -0.310. The minimum atomic E-state index is -0.310. The molecule has 1 N–H and O–H groups in total. The zero-order valence-corrected chi connectivity index (χ0v) is 12.9. The summed E-state index contributed by atoms with van der Waals surface area (Å²) in [5.74, 6) is 0.575. The molecule has 3 unspecified atom stereocenters. The van der Waals surface area contributed by atoms with Gasteiger partial charge in [-0.05, 0) is 25.8 Å². The second-order valence-corrected chi connectivity index (χ2v) is 6.86. The fourth-order valence-corrected chi connectivity index (χ4v) is 3.92. The Bertz CT molecular complexity index is 256. The maximum absolute atomic E-state index is 10.8. The Morgan fingerprint density at radius 2 is 1.68 bits per heavy atom. The molecule has 112 valence electrons. The van der Waals surface area contributed by atoms with Gasteiger partial charge < -0.3 is 10.0 Å². The average molecular weight is 267 g/mol. The van der Waals surface area contributed by atoms with E-state index in [4.69, 9.17) is 0 Å². The lowest BCUT2D eigenvalue weighted by molar-refractivity contribution is -0.0526. The smallest absolute Gasteiger partial charge is 0.0700 e. The van der Waals surface area contributed by atoms with Gasteiger partial charge in [0.2, 0.25) is 0 Å². The molecule has 2 heteroatoms. The maximum atomic E-state index is 10.8. The molecule has 0 spiro atoms. The molecule has 0 saturated carbocycles. The second-order valence-electron chi connectivity index (χ2n) is 6.86. The van der Waals surface area contributed by atoms with E-state index in [2.05, 4.69) is 11.8 Å². The molecule has 2 nitrogen and oxygen atoms in total. The first-order chi connectivity index (χ1) is 9.24. The third kappa shape index (κ3) is 4.46. The molecule has 0 amide bonds. The van der Waals surface area contributed by atoms with Gasteiger partial charge in [-0.15, -0.1) is 0 Å². The van der Waals surface area contributed by atoms with E-state index in [1.54, 1.807) is 0 Å². The standard InChI is InChI=1S/C17H33NO/c1-2-3-4-5-6-7-8-9-11-17(19)12-14-18-13-10-16(17)15-18/h16,19H,2-15H2,1H3. The van der Waals surface area contributed by atoms with Gasteiger partial charge in [0, 0.05) is 19.0 Å². The van der Waals surface area contributed by atoms with Crippen molar-refractivity contribution in [2.75, 3.05) is 19.6 Å². The van der Waals surface area contributed by atoms with E-state index in [0.29, 0.717) is 5.92 Å². The van der Waals surface area contributed by atoms with Crippen molar-refractivity contribution in [3.05, 3.63) is 0 Å². The van der Waals surface area contributed by atoms with Crippen LogP contribution in [0.1, 0.15) is 77.6 Å². The molecule has 2 saturated heterocycles. The van der Waals surface area contributed by atoms with Crippen molar-refractivity contribution >= 4 is 0 Å². The molecule has 0 aromatic heterocycles. The summed E-state index contributed by atoms with van der Waals surface area (Å²) in [4.78, 5) is 2.52. The zero-order chi connectivity index (χ0) is 13.6. The minimum Gasteiger partial charge on any atom is -0.390 e. The van der Waals surface area contributed by atoms with Crippen molar-refractivity contribution in [1.29, 1.82) is 0 Å². The molecule has 2 aliphatic heterocycles. The summed E-state index contributed by atoms with van der Waals surface area (Å²) in [6.45, 7) is 5.79. The molecule has 2 aliphatic rings. The zero-order valence-electron chi connectivity index (χ0n) is 12.9. The average Bonchev–Trinajstić information content (AvgIpc) is 2.83. The summed E-state index contributed by atoms with van der Waals surface area (Å²) in [7, 11) is 0. The Hall–Kier alpha value is -0.0800. The van der Waals surface area contributed by atoms with Crippen molar-refractivity contribution in [3.8, 4) is 0 Å². The van der Waals surface area contributed by atoms with Crippen LogP contribution in [-0.2, 0) is 0 Å². The van der Waals surface area contributed by atoms with Crippen molar-refractivity contribution in [3.63, 3.8) is 0 Å². The van der Waals surface area contributed by atoms with E-state index in [-0.39, 0.29) is 5.60 Å². The highest BCUT2D eigenvalue weighted by Gasteiger charge is 2.43. The van der Waals surface area contributed by atoms with Crippen molar-refractivity contribution in [2.24, 2.45) is 5.92 Å². The number of piperidine rings is 1. The molecule has 0 aromatic carbocycles. The van der Waals surface area contributed by atoms with Crippen LogP contribution in [0.5, 0.6) is 0 Å². The van der Waals surface area contributed by atoms with Gasteiger partial charge in [-0.2, -0.15) is 0 Å². The van der Waals surface area contributed by atoms with Gasteiger partial charge in [-0.3, -0.25) is 0 Å². The number of unbranched alkanes of at least 4 members (excludes halogenated alkanes) is 7. The highest BCUT2D eigenvalue weighted by Crippen LogP contribution is 2.38. The summed E-state index contributed by atoms with van der Waals surface area (Å²) in [5, 5.41) is 10.8. The Balaban J connectivity index is 1.53. The van der Waals surface area contributed by atoms with Crippen molar-refractivity contribution in [1.82, 2.24) is 4.90 Å². The molecule has 2 fully saturated rings. The Morgan fingerprint density at radius 3 is 2.42 bits per heavy atom. The van der Waals surface area contributed by atoms with E-state index in [1.165, 1.54) is 64.3 Å². The van der Waals surface area contributed by atoms with Crippen LogP contribution >= 0.6 is 0 Å². The first-order valence-electron chi connectivity index (χ1n) is 8.69. The Kier molecular flexibility index (Phi) is 6.15. The van der Waals surface area contributed by atoms with E-state index in [9.17, 15) is 5.11 Å². The normalized spacial score (nSPS) is 33.8. The fraction of sp³-hybridized carbons (Fsp3) is 1.00. The molecular formula is C17H33NO. The van der Waals surface area contributed by atoms with E-state index < -0.39 is 0 Å². The minimum absolute atomic E-state index is 0.310. The van der Waals surface area contributed by atoms with E-state index in [1.807, 2.05) is 0 Å². The van der Waals surface area contributed by atoms with Gasteiger partial charge in [0.05, 0.1) is 5.60 Å². The molecule has 2 heterocycles. The van der Waals surface area contributed by atoms with Crippen LogP contribution < -0.4 is 0 Å². The first kappa shape index (κ1) is 15.3. The van der Waals surface area contributed by atoms with Gasteiger partial charge in [0.25, 0.3) is 0 Å². The third-order valence-electron chi connectivity index (χ3n) is 5.36. The van der Waals surface area contributed by atoms with Gasteiger partial charge in [-0.1, -0.05) is 58.3 Å². The molecule has 3 atom stereocenters. The molecule has 2 bridgehead atoms. The highest BCUT2D eigenvalue weighted by molar-refractivity contribution is 4.97. The predicted octanol–water partition coefficient (Wildman–Crippen LogP) is 3.97. The molecule has 0 aliphatic carbocycles. The van der Waals surface area contributed by atoms with Gasteiger partial charge >= 0.3 is 0 Å². The number of hydrogen-bond donors (Lipinski definition) is 1. The van der Waals surface area contributed by atoms with Crippen LogP contribution in [0.2, 0.25) is 0 Å². The Morgan fingerprint density at radius 1 is 1.00 bits per heavy atom. The highest BCUT2D eigenvalue weighted by atomic mass is 16.3. The van der Waals surface area contributed by atoms with Gasteiger partial charge in [0.1, 0.15) is 0 Å². The van der Waals surface area contributed by atoms with Crippen LogP contribution in [0.15, 0.2) is 0 Å². The quantitative estimate of drug-likeness (QED) is 0.639. The third-order valence-corrected chi connectivity index (χ3v) is 5.36. The number of rotatable bonds is 9. The molecule has 0 radical (unpaired) electrons. The molecule has 19 heavy (non-hydrogen) atoms. The van der Waals surface area contributed by atoms with Gasteiger partial charge in [0.15, 0.2) is 0 Å². The van der Waals surface area contributed by atoms with Crippen molar-refractivity contribution < 1.29 is 5.11 Å². The molecule has 2 rings (SSSR count). The predicted molar refractivity (Wildman–Crippen MR) is 81.3 cm³/mol. The van der Waals surface area contributed by atoms with Crippen LogP contribution in [0, 0.1) is 5.92 Å². The molecule has 0 aromatic rings. The molecular weight excluding hydrogens is 234 g/mol. The van der Waals surface area contributed by atoms with Crippen molar-refractivity contribution in [2.45, 2.75) is 83.2 Å². The number of fused-ring (bicyclic) bond motifs is 2. The topological polar surface area (TPSA) is 23.5 Å². The van der Waals surface area contributed by atoms with Crippen LogP contribution in [0.25, 0.3) is 0 Å². The second kappa shape index (κ2) is 7.64. The Labute approximate surface area is 119 Å². The van der Waals surface area contributed by atoms with Gasteiger partial charge in [-0.25, -0.2) is 0 Å². The first-order valence-corrected chi connectivity index (χ1v) is 8.69. The lowest BCUT2D eigenvalue weighted by Crippen LogP contribution is -2.46. The summed E-state index contributed by atoms with van der Waals surface area (Å²) in [6, 6.07) is 0. The van der Waals surface area contributed by atoms with E-state index >= 15 is 0 Å². The number of hydrogen-bond acceptors (Lipinski definition) is 2. The van der Waals surface area contributed by atoms with E-state index in [0.717, 1.165) is 25.9 Å². The number of aliphatic hydroxyl groups is 1. The SMILES string of the molecule is CCCCCCCCCCC1(O)CCN2CCC1C2. The monoisotopic (exact) mass is 267 g/mol. The maximum Gasteiger partial charge on any atom is 0.0700 e. The van der Waals surface area contributed by atoms with Crippen LogP contribution in [-0.4, -0.2) is 35.2 Å². The lowest BCUT2D eigenvalue weighted by Gasteiger charge is -2.39. The number of nitrogens with zero attached hydrogens (tertiary/aromatic N) is 1. The fourth-order valence-electron chi connectivity index (χ4n) is 3.92. The summed E-state index contributed by atoms with van der Waals surface area (Å²) in [6.07, 6.45) is 14.2. The van der Waals surface area contributed by atoms with Crippen LogP contribution in [0.3, 0.4) is 0 Å². The largest absolute Gasteiger partial charge is 0.390 e. The lowest BCUT2D eigenvalue weighted by atomic mass is 9.78. The summed E-state index contributed by atoms with van der Waals surface area (Å²) < 4.78 is 0. The van der Waals surface area contributed by atoms with Crippen LogP contribution in [0.4, 0.5) is 0 Å². The summed E-state index contributed by atoms with van der Waals surface area (Å²) >= 11 is 0.